The Balaban J connectivity index is 1.08. The Morgan fingerprint density at radius 1 is 0.345 bits per heavy atom. The summed E-state index contributed by atoms with van der Waals surface area (Å²) in [6.07, 6.45) is -12.7. The molecule has 0 spiro atoms. The highest BCUT2D eigenvalue weighted by Gasteiger charge is 2.62. The van der Waals surface area contributed by atoms with Gasteiger partial charge in [0.1, 0.15) is 93.4 Å². The Kier molecular flexibility index (Phi) is 11.7. The smallest absolute Gasteiger partial charge is 0.305 e. The van der Waals surface area contributed by atoms with Gasteiger partial charge in [0.15, 0.2) is 58.2 Å². The SMILES string of the molecule is Oc1cc(O)c2c(c1)O[C@H](c1ccc(O)c(O)c1)[C@H](O)[C@@H]2c1c(O)cc2c(c1O)[C@@H]1c3c(cc(O)c4c3O[C@H](c3ccc(O)c(O)c3)[C@H](O)[C@H]4c3c(O)cc(O)c4c3O[C@H](c3ccc(O)c(O)c3)[C@@H](O)C4)O[C@](c3ccc(O)c(O)c3)(O2)[C@@H]1O. The van der Waals surface area contributed by atoms with Crippen LogP contribution >= 0.6 is 0 Å². The van der Waals surface area contributed by atoms with Gasteiger partial charge in [-0.25, -0.2) is 0 Å². The first kappa shape index (κ1) is 52.9. The van der Waals surface area contributed by atoms with Crippen LogP contribution in [0, 0.1) is 0 Å². The zero-order valence-electron chi connectivity index (χ0n) is 42.8. The van der Waals surface area contributed by atoms with Gasteiger partial charge in [-0.15, -0.1) is 0 Å². The molecule has 0 unspecified atom stereocenters. The van der Waals surface area contributed by atoms with Crippen LogP contribution in [0.1, 0.15) is 97.3 Å². The Morgan fingerprint density at radius 3 is 1.38 bits per heavy atom. The lowest BCUT2D eigenvalue weighted by Gasteiger charge is -2.51. The molecule has 24 heteroatoms. The number of aliphatic hydroxyl groups excluding tert-OH is 4. The molecule has 5 aliphatic rings. The van der Waals surface area contributed by atoms with E-state index in [1.807, 2.05) is 0 Å². The molecule has 5 aliphatic heterocycles. The molecule has 432 valence electrons. The van der Waals surface area contributed by atoms with Crippen molar-refractivity contribution in [2.24, 2.45) is 0 Å². The van der Waals surface area contributed by atoms with Gasteiger partial charge in [0.2, 0.25) is 0 Å². The van der Waals surface area contributed by atoms with E-state index in [1.54, 1.807) is 0 Å². The third-order valence-corrected chi connectivity index (χ3v) is 16.4. The molecule has 8 aromatic carbocycles. The number of aromatic hydroxyl groups is 15. The highest BCUT2D eigenvalue weighted by Crippen LogP contribution is 2.67. The van der Waals surface area contributed by atoms with Crippen molar-refractivity contribution in [3.63, 3.8) is 0 Å². The summed E-state index contributed by atoms with van der Waals surface area (Å²) in [5, 5.41) is 218. The van der Waals surface area contributed by atoms with Crippen LogP contribution in [0.5, 0.6) is 115 Å². The van der Waals surface area contributed by atoms with E-state index in [9.17, 15) is 97.0 Å². The predicted octanol–water partition coefficient (Wildman–Crippen LogP) is 5.69. The molecule has 0 radical (unpaired) electrons. The van der Waals surface area contributed by atoms with Gasteiger partial charge in [-0.1, -0.05) is 18.2 Å². The fourth-order valence-electron chi connectivity index (χ4n) is 12.5. The van der Waals surface area contributed by atoms with E-state index in [-0.39, 0.29) is 56.0 Å². The van der Waals surface area contributed by atoms with E-state index in [2.05, 4.69) is 0 Å². The third kappa shape index (κ3) is 7.68. The fourth-order valence-corrected chi connectivity index (χ4v) is 12.5. The van der Waals surface area contributed by atoms with Gasteiger partial charge in [0.05, 0.1) is 23.9 Å². The van der Waals surface area contributed by atoms with Crippen molar-refractivity contribution >= 4 is 0 Å². The molecule has 0 saturated carbocycles. The van der Waals surface area contributed by atoms with Crippen molar-refractivity contribution in [3.05, 3.63) is 164 Å². The quantitative estimate of drug-likeness (QED) is 0.0889. The lowest BCUT2D eigenvalue weighted by Crippen LogP contribution is -2.57. The molecule has 11 atom stereocenters. The normalized spacial score (nSPS) is 25.1. The van der Waals surface area contributed by atoms with Crippen molar-refractivity contribution in [1.29, 1.82) is 0 Å². The van der Waals surface area contributed by atoms with Gasteiger partial charge in [-0.05, 0) is 71.3 Å². The van der Waals surface area contributed by atoms with Crippen molar-refractivity contribution in [2.45, 2.75) is 72.7 Å². The van der Waals surface area contributed by atoms with Gasteiger partial charge >= 0.3 is 5.79 Å². The average molecular weight is 1150 g/mol. The van der Waals surface area contributed by atoms with E-state index < -0.39 is 193 Å². The lowest BCUT2D eigenvalue weighted by atomic mass is 9.70. The number of aliphatic hydroxyl groups is 4. The van der Waals surface area contributed by atoms with Crippen LogP contribution in [0.3, 0.4) is 0 Å². The number of hydrogen-bond acceptors (Lipinski definition) is 24. The van der Waals surface area contributed by atoms with Crippen LogP contribution in [0.4, 0.5) is 0 Å². The van der Waals surface area contributed by atoms with Crippen molar-refractivity contribution in [2.75, 3.05) is 0 Å². The molecule has 84 heavy (non-hydrogen) atoms. The molecule has 8 aromatic rings. The molecule has 2 bridgehead atoms. The molecule has 0 aromatic heterocycles. The molecule has 0 fully saturated rings. The Hall–Kier alpha value is -10.4. The van der Waals surface area contributed by atoms with Gasteiger partial charge in [-0.2, -0.15) is 0 Å². The zero-order chi connectivity index (χ0) is 59.4. The first-order valence-electron chi connectivity index (χ1n) is 25.8. The van der Waals surface area contributed by atoms with E-state index in [0.29, 0.717) is 0 Å². The first-order chi connectivity index (χ1) is 40.0. The second kappa shape index (κ2) is 18.6. The molecule has 13 rings (SSSR count). The second-order valence-electron chi connectivity index (χ2n) is 21.2. The van der Waals surface area contributed by atoms with Crippen molar-refractivity contribution in [1.82, 2.24) is 0 Å². The average Bonchev–Trinajstić information content (AvgIpc) is 1.16. The molecule has 0 amide bonds. The maximum atomic E-state index is 13.2. The summed E-state index contributed by atoms with van der Waals surface area (Å²) in [7, 11) is 0. The zero-order valence-corrected chi connectivity index (χ0v) is 42.8. The highest BCUT2D eigenvalue weighted by molar-refractivity contribution is 5.74. The Bertz CT molecular complexity index is 4110. The summed E-state index contributed by atoms with van der Waals surface area (Å²) >= 11 is 0. The van der Waals surface area contributed by atoms with Crippen LogP contribution in [0.15, 0.2) is 103 Å². The highest BCUT2D eigenvalue weighted by atomic mass is 16.7. The summed E-state index contributed by atoms with van der Waals surface area (Å²) in [6, 6.07) is 18.4. The number of hydrogen-bond donors (Lipinski definition) is 19. The molecule has 5 heterocycles. The summed E-state index contributed by atoms with van der Waals surface area (Å²) in [5.74, 6) is -20.2. The van der Waals surface area contributed by atoms with E-state index in [0.717, 1.165) is 78.9 Å². The minimum atomic E-state index is -2.58. The van der Waals surface area contributed by atoms with Crippen molar-refractivity contribution < 1.29 is 121 Å². The minimum Gasteiger partial charge on any atom is -0.508 e. The molecule has 0 aliphatic carbocycles. The van der Waals surface area contributed by atoms with Gasteiger partial charge in [0, 0.05) is 81.3 Å². The molecular formula is C60H48O24. The number of phenolic OH excluding ortho intramolecular Hbond substituents is 15. The minimum absolute atomic E-state index is 0.0155. The number of fused-ring (bicyclic) bond motifs is 10. The maximum absolute atomic E-state index is 13.2. The molecule has 24 nitrogen and oxygen atoms in total. The molecular weight excluding hydrogens is 1100 g/mol. The molecule has 0 saturated heterocycles. The van der Waals surface area contributed by atoms with Crippen LogP contribution in [-0.4, -0.2) is 121 Å². The predicted molar refractivity (Wildman–Crippen MR) is 283 cm³/mol. The van der Waals surface area contributed by atoms with E-state index >= 15 is 0 Å². The maximum Gasteiger partial charge on any atom is 0.305 e. The van der Waals surface area contributed by atoms with Gasteiger partial charge in [-0.3, -0.25) is 0 Å². The Morgan fingerprint density at radius 2 is 0.810 bits per heavy atom. The summed E-state index contributed by atoms with van der Waals surface area (Å²) in [5.41, 5.74) is -2.68. The van der Waals surface area contributed by atoms with E-state index in [4.69, 9.17) is 23.7 Å². The van der Waals surface area contributed by atoms with Gasteiger partial charge in [0.25, 0.3) is 0 Å². The number of ether oxygens (including phenoxy) is 5. The fraction of sp³-hybridized carbons (Fsp3) is 0.200. The monoisotopic (exact) mass is 1150 g/mol. The summed E-state index contributed by atoms with van der Waals surface area (Å²) in [4.78, 5) is 0. The lowest BCUT2D eigenvalue weighted by molar-refractivity contribution is -0.219. The largest absolute Gasteiger partial charge is 0.508 e. The second-order valence-corrected chi connectivity index (χ2v) is 21.2. The van der Waals surface area contributed by atoms with Crippen LogP contribution in [0.2, 0.25) is 0 Å². The topological polar surface area (TPSA) is 431 Å². The number of phenols is 15. The number of rotatable bonds is 6. The van der Waals surface area contributed by atoms with Crippen molar-refractivity contribution in [3.8, 4) is 115 Å². The standard InChI is InChI=1S/C60H48O24/c61-23-13-34(71)42-39(14-23)80-55(20-2-6-26(63)31(68)10-20)52(77)48(42)43-36(73)17-40-46(51(43)76)50-47-41(84-60(83-40,59(50)79)22-4-8-28(65)33(70)12-22)18-37(74)45-49(53(78)56(82-58(45)47)21-3-7-27(64)32(69)11-21)44-35(72)16-29(66)24-15-38(75)54(81-57(24)44)19-1-5-25(62)30(67)9-19/h1-14,16-18,38,48-50,52-56,59,61-79H,15H2/t38-,48-,49-,50+,52+,53+,54+,55+,56+,59+,60-/m0/s1. The number of benzene rings is 8. The molecule has 19 N–H and O–H groups in total. The van der Waals surface area contributed by atoms with Crippen LogP contribution in [0.25, 0.3) is 0 Å². The van der Waals surface area contributed by atoms with E-state index in [1.165, 1.54) is 24.3 Å². The summed E-state index contributed by atoms with van der Waals surface area (Å²) < 4.78 is 32.4. The van der Waals surface area contributed by atoms with Gasteiger partial charge < -0.3 is 121 Å². The third-order valence-electron chi connectivity index (χ3n) is 16.4. The first-order valence-corrected chi connectivity index (χ1v) is 25.8. The van der Waals surface area contributed by atoms with Crippen LogP contribution in [-0.2, 0) is 12.2 Å². The van der Waals surface area contributed by atoms with Crippen LogP contribution < -0.4 is 23.7 Å². The summed E-state index contributed by atoms with van der Waals surface area (Å²) in [6.45, 7) is 0. The Labute approximate surface area is 471 Å².